The molecule has 1 fully saturated rings. The van der Waals surface area contributed by atoms with E-state index in [-0.39, 0.29) is 11.8 Å². The number of nitrogens with one attached hydrogen (secondary N) is 1. The van der Waals surface area contributed by atoms with Crippen LogP contribution in [0.25, 0.3) is 0 Å². The number of anilines is 1. The summed E-state index contributed by atoms with van der Waals surface area (Å²) in [5.74, 6) is 0.158. The molecule has 1 aromatic rings. The summed E-state index contributed by atoms with van der Waals surface area (Å²) in [6.07, 6.45) is 6.65. The van der Waals surface area contributed by atoms with Gasteiger partial charge in [-0.15, -0.1) is 11.8 Å². The minimum absolute atomic E-state index is 0.0710. The highest BCUT2D eigenvalue weighted by molar-refractivity contribution is 8.00. The molecule has 0 heterocycles. The van der Waals surface area contributed by atoms with Gasteiger partial charge in [-0.1, -0.05) is 12.8 Å². The van der Waals surface area contributed by atoms with Crippen LogP contribution in [-0.2, 0) is 9.84 Å². The number of sulfone groups is 1. The van der Waals surface area contributed by atoms with Gasteiger partial charge in [-0.2, -0.15) is 0 Å². The van der Waals surface area contributed by atoms with E-state index in [0.717, 1.165) is 10.9 Å². The van der Waals surface area contributed by atoms with Crippen molar-refractivity contribution >= 4 is 27.3 Å². The fourth-order valence-electron chi connectivity index (χ4n) is 2.61. The summed E-state index contributed by atoms with van der Waals surface area (Å²) in [6, 6.07) is 8.25. The molecule has 112 valence electrons. The molecule has 0 saturated heterocycles. The van der Waals surface area contributed by atoms with Crippen molar-refractivity contribution in [3.8, 4) is 0 Å². The Kier molecular flexibility index (Phi) is 5.38. The molecule has 1 unspecified atom stereocenters. The van der Waals surface area contributed by atoms with Crippen LogP contribution in [0.15, 0.2) is 29.2 Å². The Morgan fingerprint density at radius 1 is 1.25 bits per heavy atom. The van der Waals surface area contributed by atoms with Crippen molar-refractivity contribution in [2.45, 2.75) is 48.8 Å². The standard InChI is InChI=1S/C15H23NO2S2/c1-12(11-20(2,17)18)16-13-7-9-15(10-8-13)19-14-5-3-4-6-14/h7-10,12,14,16H,3-6,11H2,1-2H3. The lowest BCUT2D eigenvalue weighted by Gasteiger charge is -2.15. The van der Waals surface area contributed by atoms with E-state index in [1.165, 1.54) is 36.8 Å². The maximum Gasteiger partial charge on any atom is 0.149 e. The van der Waals surface area contributed by atoms with Gasteiger partial charge >= 0.3 is 0 Å². The molecule has 0 spiro atoms. The van der Waals surface area contributed by atoms with Crippen LogP contribution >= 0.6 is 11.8 Å². The highest BCUT2D eigenvalue weighted by Crippen LogP contribution is 2.34. The summed E-state index contributed by atoms with van der Waals surface area (Å²) in [5.41, 5.74) is 0.983. The average Bonchev–Trinajstić information content (AvgIpc) is 2.82. The zero-order valence-corrected chi connectivity index (χ0v) is 13.8. The van der Waals surface area contributed by atoms with E-state index in [2.05, 4.69) is 17.4 Å². The van der Waals surface area contributed by atoms with Gasteiger partial charge in [0.2, 0.25) is 0 Å². The van der Waals surface area contributed by atoms with Gasteiger partial charge in [-0.05, 0) is 44.0 Å². The summed E-state index contributed by atoms with van der Waals surface area (Å²) >= 11 is 1.97. The van der Waals surface area contributed by atoms with Gasteiger partial charge in [0, 0.05) is 28.1 Å². The molecule has 0 aliphatic heterocycles. The summed E-state index contributed by atoms with van der Waals surface area (Å²) in [5, 5.41) is 4.01. The van der Waals surface area contributed by atoms with Crippen molar-refractivity contribution in [3.63, 3.8) is 0 Å². The van der Waals surface area contributed by atoms with E-state index in [9.17, 15) is 8.42 Å². The summed E-state index contributed by atoms with van der Waals surface area (Å²) in [4.78, 5) is 1.30. The molecule has 1 aromatic carbocycles. The first-order valence-electron chi connectivity index (χ1n) is 7.13. The normalized spacial score (nSPS) is 18.1. The van der Waals surface area contributed by atoms with Crippen molar-refractivity contribution in [2.75, 3.05) is 17.3 Å². The Morgan fingerprint density at radius 2 is 1.85 bits per heavy atom. The fourth-order valence-corrected chi connectivity index (χ4v) is 4.85. The molecule has 3 nitrogen and oxygen atoms in total. The third-order valence-electron chi connectivity index (χ3n) is 3.43. The van der Waals surface area contributed by atoms with Crippen LogP contribution in [0.2, 0.25) is 0 Å². The van der Waals surface area contributed by atoms with Gasteiger partial charge in [0.15, 0.2) is 0 Å². The molecule has 0 amide bonds. The van der Waals surface area contributed by atoms with Gasteiger partial charge in [-0.25, -0.2) is 8.42 Å². The van der Waals surface area contributed by atoms with Gasteiger partial charge in [0.1, 0.15) is 9.84 Å². The van der Waals surface area contributed by atoms with Crippen molar-refractivity contribution < 1.29 is 8.42 Å². The average molecular weight is 313 g/mol. The summed E-state index contributed by atoms with van der Waals surface area (Å²) in [6.45, 7) is 1.89. The summed E-state index contributed by atoms with van der Waals surface area (Å²) in [7, 11) is -2.93. The number of benzene rings is 1. The highest BCUT2D eigenvalue weighted by atomic mass is 32.2. The Morgan fingerprint density at radius 3 is 2.40 bits per heavy atom. The molecule has 1 aliphatic rings. The van der Waals surface area contributed by atoms with E-state index in [0.29, 0.717) is 0 Å². The first-order valence-corrected chi connectivity index (χ1v) is 10.1. The van der Waals surface area contributed by atoms with Gasteiger partial charge < -0.3 is 5.32 Å². The fraction of sp³-hybridized carbons (Fsp3) is 0.600. The molecule has 2 rings (SSSR count). The second-order valence-electron chi connectivity index (χ2n) is 5.69. The summed E-state index contributed by atoms with van der Waals surface area (Å²) < 4.78 is 22.5. The largest absolute Gasteiger partial charge is 0.382 e. The lowest BCUT2D eigenvalue weighted by atomic mass is 10.3. The molecule has 5 heteroatoms. The third kappa shape index (κ3) is 5.37. The van der Waals surface area contributed by atoms with E-state index >= 15 is 0 Å². The van der Waals surface area contributed by atoms with Crippen molar-refractivity contribution in [1.29, 1.82) is 0 Å². The monoisotopic (exact) mass is 313 g/mol. The molecule has 0 radical (unpaired) electrons. The molecule has 1 aliphatic carbocycles. The Labute approximate surface area is 126 Å². The van der Waals surface area contributed by atoms with Gasteiger partial charge in [-0.3, -0.25) is 0 Å². The molecule has 1 atom stereocenters. The van der Waals surface area contributed by atoms with E-state index in [4.69, 9.17) is 0 Å². The molecule has 0 aromatic heterocycles. The van der Waals surface area contributed by atoms with Crippen LogP contribution in [0.1, 0.15) is 32.6 Å². The zero-order valence-electron chi connectivity index (χ0n) is 12.1. The van der Waals surface area contributed by atoms with Crippen LogP contribution in [0.4, 0.5) is 5.69 Å². The number of hydrogen-bond acceptors (Lipinski definition) is 4. The van der Waals surface area contributed by atoms with E-state index in [1.807, 2.05) is 30.8 Å². The maximum absolute atomic E-state index is 11.2. The minimum atomic E-state index is -2.93. The quantitative estimate of drug-likeness (QED) is 0.872. The topological polar surface area (TPSA) is 46.2 Å². The van der Waals surface area contributed by atoms with Crippen LogP contribution in [0.5, 0.6) is 0 Å². The third-order valence-corrected chi connectivity index (χ3v) is 5.88. The van der Waals surface area contributed by atoms with Crippen molar-refractivity contribution in [2.24, 2.45) is 0 Å². The SMILES string of the molecule is CC(CS(C)(=O)=O)Nc1ccc(SC2CCCC2)cc1. The smallest absolute Gasteiger partial charge is 0.149 e. The van der Waals surface area contributed by atoms with Crippen LogP contribution in [-0.4, -0.2) is 31.7 Å². The van der Waals surface area contributed by atoms with Crippen LogP contribution in [0, 0.1) is 0 Å². The Balaban J connectivity index is 1.87. The first kappa shape index (κ1) is 15.7. The molecule has 1 saturated carbocycles. The van der Waals surface area contributed by atoms with Gasteiger partial charge in [0.05, 0.1) is 5.75 Å². The lowest BCUT2D eigenvalue weighted by Crippen LogP contribution is -2.24. The number of hydrogen-bond donors (Lipinski definition) is 1. The second kappa shape index (κ2) is 6.85. The second-order valence-corrected chi connectivity index (χ2v) is 9.25. The molecule has 0 bridgehead atoms. The highest BCUT2D eigenvalue weighted by Gasteiger charge is 2.16. The van der Waals surface area contributed by atoms with E-state index in [1.54, 1.807) is 0 Å². The lowest BCUT2D eigenvalue weighted by molar-refractivity contribution is 0.598. The Hall–Kier alpha value is -0.680. The molecule has 1 N–H and O–H groups in total. The minimum Gasteiger partial charge on any atom is -0.382 e. The molecule has 20 heavy (non-hydrogen) atoms. The van der Waals surface area contributed by atoms with Crippen LogP contribution in [0.3, 0.4) is 0 Å². The van der Waals surface area contributed by atoms with E-state index < -0.39 is 9.84 Å². The van der Waals surface area contributed by atoms with Crippen molar-refractivity contribution in [3.05, 3.63) is 24.3 Å². The van der Waals surface area contributed by atoms with Crippen molar-refractivity contribution in [1.82, 2.24) is 0 Å². The van der Waals surface area contributed by atoms with Crippen LogP contribution < -0.4 is 5.32 Å². The molecular weight excluding hydrogens is 290 g/mol. The predicted molar refractivity (Wildman–Crippen MR) is 87.4 cm³/mol. The molecular formula is C15H23NO2S2. The first-order chi connectivity index (χ1) is 9.42. The van der Waals surface area contributed by atoms with Gasteiger partial charge in [0.25, 0.3) is 0 Å². The Bertz CT molecular complexity index is 519. The predicted octanol–water partition coefficient (Wildman–Crippen LogP) is 3.57. The number of rotatable bonds is 6. The maximum atomic E-state index is 11.2. The zero-order chi connectivity index (χ0) is 14.6. The number of thioether (sulfide) groups is 1.